The predicted molar refractivity (Wildman–Crippen MR) is 68.2 cm³/mol. The van der Waals surface area contributed by atoms with Crippen molar-refractivity contribution in [3.05, 3.63) is 24.8 Å². The van der Waals surface area contributed by atoms with Crippen molar-refractivity contribution in [3.8, 4) is 0 Å². The molecule has 2 rings (SSSR count). The highest BCUT2D eigenvalue weighted by atomic mass is 15.2. The van der Waals surface area contributed by atoms with Crippen LogP contribution in [0.5, 0.6) is 0 Å². The number of hydrogen-bond donors (Lipinski definition) is 1. The van der Waals surface area contributed by atoms with E-state index in [9.17, 15) is 0 Å². The lowest BCUT2D eigenvalue weighted by atomic mass is 9.85. The first-order valence-corrected chi connectivity index (χ1v) is 5.80. The smallest absolute Gasteiger partial charge is 0.128 e. The second kappa shape index (κ2) is 3.96. The molecule has 0 spiro atoms. The lowest BCUT2D eigenvalue weighted by Gasteiger charge is -2.35. The first kappa shape index (κ1) is 11.2. The molecule has 16 heavy (non-hydrogen) atoms. The number of anilines is 2. The SMILES string of the molecule is CC(C)(C)C1[CH]CCN1c1ccc(N)cn1. The van der Waals surface area contributed by atoms with E-state index < -0.39 is 0 Å². The summed E-state index contributed by atoms with van der Waals surface area (Å²) in [6.45, 7) is 7.86. The molecular formula is C13H20N3. The van der Waals surface area contributed by atoms with E-state index in [0.29, 0.717) is 6.04 Å². The fourth-order valence-electron chi connectivity index (χ4n) is 2.28. The van der Waals surface area contributed by atoms with Crippen molar-refractivity contribution < 1.29 is 0 Å². The van der Waals surface area contributed by atoms with Crippen molar-refractivity contribution in [2.45, 2.75) is 33.2 Å². The molecule has 0 bridgehead atoms. The number of rotatable bonds is 1. The van der Waals surface area contributed by atoms with Crippen LogP contribution in [0.2, 0.25) is 0 Å². The molecule has 1 aromatic rings. The summed E-state index contributed by atoms with van der Waals surface area (Å²) >= 11 is 0. The van der Waals surface area contributed by atoms with E-state index in [4.69, 9.17) is 5.73 Å². The van der Waals surface area contributed by atoms with Gasteiger partial charge in [0, 0.05) is 12.6 Å². The number of hydrogen-bond acceptors (Lipinski definition) is 3. The van der Waals surface area contributed by atoms with Gasteiger partial charge in [-0.15, -0.1) is 0 Å². The van der Waals surface area contributed by atoms with Crippen LogP contribution in [-0.2, 0) is 0 Å². The zero-order valence-corrected chi connectivity index (χ0v) is 10.3. The van der Waals surface area contributed by atoms with Crippen LogP contribution in [0.4, 0.5) is 11.5 Å². The highest BCUT2D eigenvalue weighted by Gasteiger charge is 2.34. The van der Waals surface area contributed by atoms with Gasteiger partial charge in [-0.05, 0) is 30.4 Å². The van der Waals surface area contributed by atoms with Gasteiger partial charge in [0.1, 0.15) is 5.82 Å². The summed E-state index contributed by atoms with van der Waals surface area (Å²) in [5.41, 5.74) is 6.63. The predicted octanol–water partition coefficient (Wildman–Crippen LogP) is 2.49. The zero-order valence-electron chi connectivity index (χ0n) is 10.3. The highest BCUT2D eigenvalue weighted by molar-refractivity contribution is 5.48. The van der Waals surface area contributed by atoms with Crippen LogP contribution in [-0.4, -0.2) is 17.6 Å². The summed E-state index contributed by atoms with van der Waals surface area (Å²) in [5.74, 6) is 1.03. The van der Waals surface area contributed by atoms with Gasteiger partial charge in [0.25, 0.3) is 0 Å². The quantitative estimate of drug-likeness (QED) is 0.787. The summed E-state index contributed by atoms with van der Waals surface area (Å²) in [6.07, 6.45) is 5.25. The maximum absolute atomic E-state index is 5.66. The van der Waals surface area contributed by atoms with E-state index in [-0.39, 0.29) is 5.41 Å². The molecule has 0 aromatic carbocycles. The monoisotopic (exact) mass is 218 g/mol. The van der Waals surface area contributed by atoms with Gasteiger partial charge < -0.3 is 10.6 Å². The molecule has 1 aliphatic rings. The van der Waals surface area contributed by atoms with Gasteiger partial charge >= 0.3 is 0 Å². The molecule has 1 atom stereocenters. The average molecular weight is 218 g/mol. The first-order chi connectivity index (χ1) is 7.48. The minimum atomic E-state index is 0.250. The van der Waals surface area contributed by atoms with Gasteiger partial charge in [-0.2, -0.15) is 0 Å². The highest BCUT2D eigenvalue weighted by Crippen LogP contribution is 2.34. The molecule has 2 heterocycles. The summed E-state index contributed by atoms with van der Waals surface area (Å²) in [4.78, 5) is 6.77. The van der Waals surface area contributed by atoms with Crippen LogP contribution >= 0.6 is 0 Å². The van der Waals surface area contributed by atoms with Crippen molar-refractivity contribution in [1.82, 2.24) is 4.98 Å². The maximum atomic E-state index is 5.66. The number of nitrogens with zero attached hydrogens (tertiary/aromatic N) is 2. The Balaban J connectivity index is 2.23. The fourth-order valence-corrected chi connectivity index (χ4v) is 2.28. The number of nitrogens with two attached hydrogens (primary N) is 1. The minimum Gasteiger partial charge on any atom is -0.397 e. The second-order valence-corrected chi connectivity index (χ2v) is 5.48. The maximum Gasteiger partial charge on any atom is 0.128 e. The lowest BCUT2D eigenvalue weighted by molar-refractivity contribution is 0.351. The molecule has 1 fully saturated rings. The molecule has 1 unspecified atom stereocenters. The second-order valence-electron chi connectivity index (χ2n) is 5.48. The summed E-state index contributed by atoms with van der Waals surface area (Å²) in [6, 6.07) is 4.39. The molecule has 1 radical (unpaired) electrons. The molecule has 0 amide bonds. The van der Waals surface area contributed by atoms with E-state index >= 15 is 0 Å². The Hall–Kier alpha value is -1.25. The van der Waals surface area contributed by atoms with Gasteiger partial charge in [0.2, 0.25) is 0 Å². The molecule has 87 valence electrons. The molecule has 3 heteroatoms. The van der Waals surface area contributed by atoms with E-state index in [1.165, 1.54) is 0 Å². The molecule has 1 aromatic heterocycles. The Morgan fingerprint density at radius 3 is 2.69 bits per heavy atom. The topological polar surface area (TPSA) is 42.1 Å². The van der Waals surface area contributed by atoms with Gasteiger partial charge in [-0.1, -0.05) is 20.8 Å². The number of nitrogen functional groups attached to an aromatic ring is 1. The van der Waals surface area contributed by atoms with E-state index in [2.05, 4.69) is 37.1 Å². The average Bonchev–Trinajstić information content (AvgIpc) is 2.66. The fraction of sp³-hybridized carbons (Fsp3) is 0.538. The number of aromatic nitrogens is 1. The van der Waals surface area contributed by atoms with Crippen LogP contribution in [0.1, 0.15) is 27.2 Å². The molecule has 3 nitrogen and oxygen atoms in total. The largest absolute Gasteiger partial charge is 0.397 e. The Bertz CT molecular complexity index is 350. The van der Waals surface area contributed by atoms with Gasteiger partial charge in [-0.25, -0.2) is 4.98 Å². The minimum absolute atomic E-state index is 0.250. The van der Waals surface area contributed by atoms with Crippen LogP contribution < -0.4 is 10.6 Å². The van der Waals surface area contributed by atoms with Gasteiger partial charge in [-0.3, -0.25) is 0 Å². The Kier molecular flexibility index (Phi) is 2.78. The Morgan fingerprint density at radius 1 is 1.38 bits per heavy atom. The molecule has 2 N–H and O–H groups in total. The summed E-state index contributed by atoms with van der Waals surface area (Å²) < 4.78 is 0. The van der Waals surface area contributed by atoms with Gasteiger partial charge in [0.15, 0.2) is 0 Å². The molecular weight excluding hydrogens is 198 g/mol. The lowest BCUT2D eigenvalue weighted by Crippen LogP contribution is -2.40. The van der Waals surface area contributed by atoms with E-state index in [1.807, 2.05) is 12.1 Å². The molecule has 1 saturated heterocycles. The van der Waals surface area contributed by atoms with Crippen molar-refractivity contribution in [2.24, 2.45) is 5.41 Å². The van der Waals surface area contributed by atoms with Crippen molar-refractivity contribution in [1.29, 1.82) is 0 Å². The Labute approximate surface area is 97.7 Å². The van der Waals surface area contributed by atoms with Crippen LogP contribution in [0.15, 0.2) is 18.3 Å². The summed E-state index contributed by atoms with van der Waals surface area (Å²) in [5, 5.41) is 0. The van der Waals surface area contributed by atoms with Crippen LogP contribution in [0, 0.1) is 11.8 Å². The third-order valence-electron chi connectivity index (χ3n) is 3.05. The van der Waals surface area contributed by atoms with Crippen LogP contribution in [0.25, 0.3) is 0 Å². The zero-order chi connectivity index (χ0) is 11.8. The van der Waals surface area contributed by atoms with Crippen LogP contribution in [0.3, 0.4) is 0 Å². The Morgan fingerprint density at radius 2 is 2.12 bits per heavy atom. The molecule has 0 aliphatic carbocycles. The first-order valence-electron chi connectivity index (χ1n) is 5.80. The normalized spacial score (nSPS) is 21.4. The third kappa shape index (κ3) is 2.13. The van der Waals surface area contributed by atoms with E-state index in [1.54, 1.807) is 6.20 Å². The van der Waals surface area contributed by atoms with Crippen molar-refractivity contribution in [2.75, 3.05) is 17.2 Å². The van der Waals surface area contributed by atoms with Crippen molar-refractivity contribution in [3.63, 3.8) is 0 Å². The molecule has 0 saturated carbocycles. The number of pyridine rings is 1. The third-order valence-corrected chi connectivity index (χ3v) is 3.05. The summed E-state index contributed by atoms with van der Waals surface area (Å²) in [7, 11) is 0. The van der Waals surface area contributed by atoms with E-state index in [0.717, 1.165) is 24.5 Å². The van der Waals surface area contributed by atoms with Gasteiger partial charge in [0.05, 0.1) is 11.9 Å². The molecule has 1 aliphatic heterocycles. The van der Waals surface area contributed by atoms with Crippen molar-refractivity contribution >= 4 is 11.5 Å². The standard InChI is InChI=1S/C13H20N3/c1-13(2,3)11-5-4-8-16(11)12-7-6-10(14)9-15-12/h5-7,9,11H,4,8,14H2,1-3H3.